The summed E-state index contributed by atoms with van der Waals surface area (Å²) >= 11 is 0.789. The van der Waals surface area contributed by atoms with Gasteiger partial charge in [-0.1, -0.05) is 25.2 Å². The summed E-state index contributed by atoms with van der Waals surface area (Å²) in [4.78, 5) is 46.9. The maximum absolute atomic E-state index is 13.4. The van der Waals surface area contributed by atoms with Gasteiger partial charge in [0.1, 0.15) is 6.04 Å². The van der Waals surface area contributed by atoms with Gasteiger partial charge in [-0.15, -0.1) is 0 Å². The smallest absolute Gasteiger partial charge is 0.328 e. The molecule has 1 heterocycles. The molecule has 0 radical (unpaired) electrons. The van der Waals surface area contributed by atoms with Crippen molar-refractivity contribution in [1.29, 1.82) is 0 Å². The first-order valence-corrected chi connectivity index (χ1v) is 12.2. The van der Waals surface area contributed by atoms with Gasteiger partial charge in [-0.2, -0.15) is 0 Å². The molecule has 166 valence electrons. The number of hydrogen-bond acceptors (Lipinski definition) is 8. The summed E-state index contributed by atoms with van der Waals surface area (Å²) in [5.41, 5.74) is -1.09. The Balaban J connectivity index is 3.20. The zero-order valence-electron chi connectivity index (χ0n) is 16.9. The molecule has 0 aromatic carbocycles. The molecule has 0 bridgehead atoms. The van der Waals surface area contributed by atoms with Crippen LogP contribution in [0.3, 0.4) is 0 Å². The SMILES string of the molecule is CC(=O)OCC(C)(C)[C@H]1OP(=O)(N[C@@H](C)C(=O)O)SCCNC(=O)CCNC1=O. The predicted molar refractivity (Wildman–Crippen MR) is 106 cm³/mol. The molecule has 0 saturated carbocycles. The summed E-state index contributed by atoms with van der Waals surface area (Å²) in [5.74, 6) is -2.57. The van der Waals surface area contributed by atoms with Crippen LogP contribution in [0.4, 0.5) is 0 Å². The molecule has 0 spiro atoms. The first-order valence-electron chi connectivity index (χ1n) is 8.97. The standard InChI is InChI=1S/C16H28N3O8PS/c1-10(15(23)24)19-28(25)27-13(16(3,4)9-26-11(2)20)14(22)18-6-5-12(21)17-7-8-29-28/h10,13H,5-9H2,1-4H3,(H,17,21)(H,18,22)(H,19,25)(H,23,24)/t10-,13-,28?/m0/s1. The van der Waals surface area contributed by atoms with Crippen molar-refractivity contribution in [2.75, 3.05) is 25.4 Å². The molecular formula is C16H28N3O8PS. The van der Waals surface area contributed by atoms with Gasteiger partial charge in [0.15, 0.2) is 6.10 Å². The molecule has 2 amide bonds. The average molecular weight is 453 g/mol. The lowest BCUT2D eigenvalue weighted by molar-refractivity contribution is -0.150. The fourth-order valence-electron chi connectivity index (χ4n) is 2.27. The van der Waals surface area contributed by atoms with Crippen LogP contribution in [0.5, 0.6) is 0 Å². The van der Waals surface area contributed by atoms with E-state index in [1.165, 1.54) is 13.8 Å². The van der Waals surface area contributed by atoms with Crippen LogP contribution < -0.4 is 15.7 Å². The third kappa shape index (κ3) is 8.73. The Kier molecular flexibility index (Phi) is 9.60. The lowest BCUT2D eigenvalue weighted by Crippen LogP contribution is -2.49. The molecule has 1 aliphatic rings. The minimum absolute atomic E-state index is 0.0323. The summed E-state index contributed by atoms with van der Waals surface area (Å²) in [7, 11) is 0. The Labute approximate surface area is 173 Å². The lowest BCUT2D eigenvalue weighted by Gasteiger charge is -2.35. The van der Waals surface area contributed by atoms with Crippen LogP contribution in [-0.4, -0.2) is 66.5 Å². The number of nitrogens with one attached hydrogen (secondary N) is 3. The van der Waals surface area contributed by atoms with Crippen LogP contribution >= 0.6 is 18.1 Å². The minimum atomic E-state index is -3.90. The van der Waals surface area contributed by atoms with Crippen molar-refractivity contribution in [1.82, 2.24) is 15.7 Å². The Morgan fingerprint density at radius 1 is 1.38 bits per heavy atom. The van der Waals surface area contributed by atoms with E-state index in [1.54, 1.807) is 13.8 Å². The van der Waals surface area contributed by atoms with E-state index in [0.29, 0.717) is 0 Å². The maximum atomic E-state index is 13.4. The molecule has 11 nitrogen and oxygen atoms in total. The van der Waals surface area contributed by atoms with Gasteiger partial charge in [-0.25, -0.2) is 5.09 Å². The van der Waals surface area contributed by atoms with Gasteiger partial charge in [0.2, 0.25) is 11.8 Å². The number of amides is 2. The molecule has 3 atom stereocenters. The van der Waals surface area contributed by atoms with Gasteiger partial charge in [0, 0.05) is 37.6 Å². The zero-order chi connectivity index (χ0) is 22.2. The largest absolute Gasteiger partial charge is 0.480 e. The monoisotopic (exact) mass is 453 g/mol. The van der Waals surface area contributed by atoms with Crippen molar-refractivity contribution < 1.29 is 38.1 Å². The molecular weight excluding hydrogens is 425 g/mol. The summed E-state index contributed by atoms with van der Waals surface area (Å²) < 4.78 is 24.1. The third-order valence-corrected chi connectivity index (χ3v) is 7.96. The van der Waals surface area contributed by atoms with Gasteiger partial charge >= 0.3 is 18.7 Å². The van der Waals surface area contributed by atoms with Crippen molar-refractivity contribution in [3.8, 4) is 0 Å². The third-order valence-electron chi connectivity index (χ3n) is 3.90. The number of carbonyl (C=O) groups is 4. The second-order valence-corrected chi connectivity index (χ2v) is 11.5. The van der Waals surface area contributed by atoms with Crippen molar-refractivity contribution in [3.63, 3.8) is 0 Å². The van der Waals surface area contributed by atoms with E-state index >= 15 is 0 Å². The number of esters is 1. The van der Waals surface area contributed by atoms with Crippen molar-refractivity contribution in [2.45, 2.75) is 46.3 Å². The summed E-state index contributed by atoms with van der Waals surface area (Å²) in [6.07, 6.45) is -1.28. The van der Waals surface area contributed by atoms with Crippen molar-refractivity contribution in [3.05, 3.63) is 0 Å². The highest BCUT2D eigenvalue weighted by molar-refractivity contribution is 8.56. The van der Waals surface area contributed by atoms with E-state index in [9.17, 15) is 23.7 Å². The second-order valence-electron chi connectivity index (χ2n) is 7.16. The van der Waals surface area contributed by atoms with E-state index in [2.05, 4.69) is 15.7 Å². The van der Waals surface area contributed by atoms with Crippen LogP contribution in [0.2, 0.25) is 0 Å². The minimum Gasteiger partial charge on any atom is -0.480 e. The summed E-state index contributed by atoms with van der Waals surface area (Å²) in [6, 6.07) is -1.21. The van der Waals surface area contributed by atoms with E-state index < -0.39 is 42.1 Å². The van der Waals surface area contributed by atoms with Crippen LogP contribution in [0.25, 0.3) is 0 Å². The van der Waals surface area contributed by atoms with Gasteiger partial charge in [0.25, 0.3) is 0 Å². The lowest BCUT2D eigenvalue weighted by atomic mass is 9.87. The number of rotatable bonds is 6. The number of ether oxygens (including phenoxy) is 1. The first kappa shape index (κ1) is 25.4. The highest BCUT2D eigenvalue weighted by Gasteiger charge is 2.43. The molecule has 0 aromatic rings. The van der Waals surface area contributed by atoms with Gasteiger partial charge < -0.3 is 20.5 Å². The van der Waals surface area contributed by atoms with Gasteiger partial charge in [0.05, 0.1) is 6.61 Å². The zero-order valence-corrected chi connectivity index (χ0v) is 18.6. The quantitative estimate of drug-likeness (QED) is 0.329. The molecule has 0 aliphatic carbocycles. The molecule has 1 saturated heterocycles. The van der Waals surface area contributed by atoms with Gasteiger partial charge in [-0.05, 0) is 6.92 Å². The van der Waals surface area contributed by atoms with Crippen LogP contribution in [0.1, 0.15) is 34.1 Å². The molecule has 0 aromatic heterocycles. The second kappa shape index (κ2) is 11.0. The average Bonchev–Trinajstić information content (AvgIpc) is 2.60. The number of carboxylic acid groups (broad SMARTS) is 1. The fourth-order valence-corrected chi connectivity index (χ4v) is 6.28. The van der Waals surface area contributed by atoms with E-state index in [1.807, 2.05) is 0 Å². The molecule has 1 aliphatic heterocycles. The Bertz CT molecular complexity index is 687. The first-order chi connectivity index (χ1) is 13.4. The number of carboxylic acids is 1. The van der Waals surface area contributed by atoms with E-state index in [0.717, 1.165) is 11.4 Å². The Morgan fingerprint density at radius 2 is 2.03 bits per heavy atom. The molecule has 29 heavy (non-hydrogen) atoms. The molecule has 4 N–H and O–H groups in total. The van der Waals surface area contributed by atoms with Crippen LogP contribution in [-0.2, 0) is 33.0 Å². The van der Waals surface area contributed by atoms with Crippen LogP contribution in [0, 0.1) is 5.41 Å². The summed E-state index contributed by atoms with van der Waals surface area (Å²) in [5, 5.41) is 16.8. The highest BCUT2D eigenvalue weighted by Crippen LogP contribution is 2.58. The van der Waals surface area contributed by atoms with Crippen molar-refractivity contribution >= 4 is 41.9 Å². The topological polar surface area (TPSA) is 160 Å². The van der Waals surface area contributed by atoms with Crippen LogP contribution in [0.15, 0.2) is 0 Å². The number of aliphatic carboxylic acids is 1. The highest BCUT2D eigenvalue weighted by atomic mass is 32.7. The van der Waals surface area contributed by atoms with Gasteiger partial charge in [-0.3, -0.25) is 28.3 Å². The molecule has 1 rings (SSSR count). The Hall–Kier alpha value is -1.62. The number of carbonyl (C=O) groups excluding carboxylic acids is 3. The van der Waals surface area contributed by atoms with Crippen molar-refractivity contribution in [2.24, 2.45) is 5.41 Å². The predicted octanol–water partition coefficient (Wildman–Crippen LogP) is 0.501. The normalized spacial score (nSPS) is 25.6. The summed E-state index contributed by atoms with van der Waals surface area (Å²) in [6.45, 7) is 1.82. The molecule has 1 unspecified atom stereocenters. The fraction of sp³-hybridized carbons (Fsp3) is 0.750. The van der Waals surface area contributed by atoms with E-state index in [-0.39, 0.29) is 37.8 Å². The Morgan fingerprint density at radius 3 is 2.62 bits per heavy atom. The van der Waals surface area contributed by atoms with E-state index in [4.69, 9.17) is 14.4 Å². The number of hydrogen-bond donors (Lipinski definition) is 4. The molecule has 1 fully saturated rings. The molecule has 13 heteroatoms. The maximum Gasteiger partial charge on any atom is 0.328 e.